The number of rotatable bonds is 7. The highest BCUT2D eigenvalue weighted by Crippen LogP contribution is 2.49. The Bertz CT molecular complexity index is 197. The number of halogens is 1. The van der Waals surface area contributed by atoms with Crippen molar-refractivity contribution in [2.45, 2.75) is 13.8 Å². The van der Waals surface area contributed by atoms with E-state index in [1.54, 1.807) is 13.8 Å². The number of hydrogen-bond donors (Lipinski definition) is 0. The molecule has 0 N–H and O–H groups in total. The van der Waals surface area contributed by atoms with Crippen molar-refractivity contribution in [2.24, 2.45) is 0 Å². The minimum Gasteiger partial charge on any atom is -0.287 e. The Morgan fingerprint density at radius 1 is 1.31 bits per heavy atom. The summed E-state index contributed by atoms with van der Waals surface area (Å²) in [4.78, 5) is 0. The van der Waals surface area contributed by atoms with Crippen molar-refractivity contribution in [3.05, 3.63) is 11.6 Å². The lowest BCUT2D eigenvalue weighted by Gasteiger charge is -2.15. The maximum absolute atomic E-state index is 11.6. The molecule has 0 atom stereocenters. The van der Waals surface area contributed by atoms with Crippen LogP contribution in [0.25, 0.3) is 0 Å². The summed E-state index contributed by atoms with van der Waals surface area (Å²) in [7, 11) is -3.42. The minimum absolute atomic E-state index is 0.0428. The Kier molecular flexibility index (Phi) is 6.64. The van der Waals surface area contributed by atoms with Gasteiger partial charge in [0, 0.05) is 5.03 Å². The summed E-state index contributed by atoms with van der Waals surface area (Å²) in [5.41, 5.74) is 0. The third-order valence-corrected chi connectivity index (χ3v) is 2.66. The Balaban J connectivity index is 4.07. The molecule has 0 rings (SSSR count). The summed E-state index contributed by atoms with van der Waals surface area (Å²) in [5, 5.41) is 0.250. The van der Waals surface area contributed by atoms with E-state index in [4.69, 9.17) is 25.2 Å². The topological polar surface area (TPSA) is 44.8 Å². The summed E-state index contributed by atoms with van der Waals surface area (Å²) >= 11 is 5.43. The molecule has 0 aliphatic rings. The van der Waals surface area contributed by atoms with Crippen molar-refractivity contribution >= 4 is 19.4 Å². The van der Waals surface area contributed by atoms with Crippen molar-refractivity contribution < 1.29 is 18.1 Å². The highest BCUT2D eigenvalue weighted by atomic mass is 35.5. The lowest BCUT2D eigenvalue weighted by Crippen LogP contribution is -2.01. The van der Waals surface area contributed by atoms with Gasteiger partial charge < -0.3 is 0 Å². The molecule has 4 nitrogen and oxygen atoms in total. The summed E-state index contributed by atoms with van der Waals surface area (Å²) in [6.45, 7) is 7.25. The van der Waals surface area contributed by atoms with Crippen LogP contribution in [0.5, 0.6) is 0 Å². The second kappa shape index (κ2) is 6.57. The first kappa shape index (κ1) is 13.1. The third-order valence-electron chi connectivity index (χ3n) is 0.954. The van der Waals surface area contributed by atoms with E-state index < -0.39 is 7.82 Å². The zero-order valence-electron chi connectivity index (χ0n) is 7.79. The van der Waals surface area contributed by atoms with E-state index in [-0.39, 0.29) is 24.9 Å². The molecule has 0 amide bonds. The van der Waals surface area contributed by atoms with Gasteiger partial charge in [0.2, 0.25) is 0 Å². The molecule has 0 saturated heterocycles. The molecule has 0 radical (unpaired) electrons. The molecule has 0 aliphatic carbocycles. The quantitative estimate of drug-likeness (QED) is 0.629. The normalized spacial score (nSPS) is 11.6. The van der Waals surface area contributed by atoms with Crippen LogP contribution in [0.15, 0.2) is 11.6 Å². The van der Waals surface area contributed by atoms with Gasteiger partial charge in [-0.05, 0) is 13.8 Å². The largest absolute Gasteiger partial charge is 0.475 e. The van der Waals surface area contributed by atoms with Crippen LogP contribution in [0, 0.1) is 0 Å². The average Bonchev–Trinajstić information content (AvgIpc) is 2.02. The number of phosphoric ester groups is 1. The predicted molar refractivity (Wildman–Crippen MR) is 51.8 cm³/mol. The van der Waals surface area contributed by atoms with E-state index in [1.807, 2.05) is 0 Å². The van der Waals surface area contributed by atoms with Crippen molar-refractivity contribution in [2.75, 3.05) is 19.8 Å². The molecule has 6 heteroatoms. The van der Waals surface area contributed by atoms with Crippen molar-refractivity contribution in [1.29, 1.82) is 0 Å². The first-order valence-corrected chi connectivity index (χ1v) is 5.75. The van der Waals surface area contributed by atoms with Gasteiger partial charge in [-0.2, -0.15) is 0 Å². The van der Waals surface area contributed by atoms with E-state index in [9.17, 15) is 4.57 Å². The molecule has 0 unspecified atom stereocenters. The summed E-state index contributed by atoms with van der Waals surface area (Å²) in [5.74, 6) is 0. The molecule has 0 aromatic carbocycles. The van der Waals surface area contributed by atoms with Crippen LogP contribution < -0.4 is 0 Å². The standard InChI is InChI=1S/C7H14ClO4P/c1-4-10-13(9,11-5-2)12-6-7(3)8/h3-6H2,1-2H3. The first-order chi connectivity index (χ1) is 6.04. The molecular formula is C7H14ClO4P. The van der Waals surface area contributed by atoms with E-state index in [2.05, 4.69) is 6.58 Å². The van der Waals surface area contributed by atoms with E-state index in [0.29, 0.717) is 0 Å². The van der Waals surface area contributed by atoms with E-state index in [0.717, 1.165) is 0 Å². The van der Waals surface area contributed by atoms with Crippen LogP contribution in [0.2, 0.25) is 0 Å². The molecule has 0 saturated carbocycles. The molecule has 0 bridgehead atoms. The average molecular weight is 229 g/mol. The van der Waals surface area contributed by atoms with Gasteiger partial charge in [0.25, 0.3) is 0 Å². The molecule has 0 heterocycles. The molecule has 0 aromatic heterocycles. The molecule has 0 spiro atoms. The molecular weight excluding hydrogens is 214 g/mol. The van der Waals surface area contributed by atoms with Gasteiger partial charge in [-0.3, -0.25) is 13.6 Å². The van der Waals surface area contributed by atoms with Crippen molar-refractivity contribution in [3.8, 4) is 0 Å². The van der Waals surface area contributed by atoms with Gasteiger partial charge in [0.15, 0.2) is 0 Å². The SMILES string of the molecule is C=C(Cl)COP(=O)(OCC)OCC. The molecule has 13 heavy (non-hydrogen) atoms. The fraction of sp³-hybridized carbons (Fsp3) is 0.714. The van der Waals surface area contributed by atoms with Crippen LogP contribution in [-0.4, -0.2) is 19.8 Å². The van der Waals surface area contributed by atoms with Crippen molar-refractivity contribution in [1.82, 2.24) is 0 Å². The Morgan fingerprint density at radius 2 is 1.77 bits per heavy atom. The number of hydrogen-bond acceptors (Lipinski definition) is 4. The Morgan fingerprint density at radius 3 is 2.08 bits per heavy atom. The fourth-order valence-electron chi connectivity index (χ4n) is 0.577. The lowest BCUT2D eigenvalue weighted by atomic mass is 10.7. The van der Waals surface area contributed by atoms with Gasteiger partial charge in [-0.25, -0.2) is 4.57 Å². The van der Waals surface area contributed by atoms with Gasteiger partial charge in [0.05, 0.1) is 19.8 Å². The minimum atomic E-state index is -3.42. The summed E-state index contributed by atoms with van der Waals surface area (Å²) in [6.07, 6.45) is 0. The maximum atomic E-state index is 11.6. The van der Waals surface area contributed by atoms with Crippen LogP contribution >= 0.6 is 19.4 Å². The van der Waals surface area contributed by atoms with E-state index in [1.165, 1.54) is 0 Å². The van der Waals surface area contributed by atoms with Gasteiger partial charge >= 0.3 is 7.82 Å². The molecule has 0 aromatic rings. The summed E-state index contributed by atoms with van der Waals surface area (Å²) < 4.78 is 26.1. The third kappa shape index (κ3) is 6.24. The van der Waals surface area contributed by atoms with Crippen LogP contribution in [0.4, 0.5) is 0 Å². The van der Waals surface area contributed by atoms with Crippen LogP contribution in [-0.2, 0) is 18.1 Å². The maximum Gasteiger partial charge on any atom is 0.475 e. The van der Waals surface area contributed by atoms with Gasteiger partial charge in [0.1, 0.15) is 0 Å². The van der Waals surface area contributed by atoms with Gasteiger partial charge in [-0.1, -0.05) is 18.2 Å². The zero-order chi connectivity index (χ0) is 10.3. The second-order valence-electron chi connectivity index (χ2n) is 2.07. The highest BCUT2D eigenvalue weighted by Gasteiger charge is 2.25. The summed E-state index contributed by atoms with van der Waals surface area (Å²) in [6, 6.07) is 0. The second-order valence-corrected chi connectivity index (χ2v) is 4.28. The molecule has 0 fully saturated rings. The number of phosphoric acid groups is 1. The molecule has 78 valence electrons. The highest BCUT2D eigenvalue weighted by molar-refractivity contribution is 7.48. The zero-order valence-corrected chi connectivity index (χ0v) is 9.44. The Hall–Kier alpha value is 0.140. The van der Waals surface area contributed by atoms with Gasteiger partial charge in [-0.15, -0.1) is 0 Å². The van der Waals surface area contributed by atoms with Crippen LogP contribution in [0.3, 0.4) is 0 Å². The lowest BCUT2D eigenvalue weighted by molar-refractivity contribution is 0.130. The smallest absolute Gasteiger partial charge is 0.287 e. The predicted octanol–water partition coefficient (Wildman–Crippen LogP) is 2.94. The van der Waals surface area contributed by atoms with E-state index >= 15 is 0 Å². The molecule has 0 aliphatic heterocycles. The fourth-order valence-corrected chi connectivity index (χ4v) is 1.88. The Labute approximate surface area is 83.4 Å². The first-order valence-electron chi connectivity index (χ1n) is 3.91. The monoisotopic (exact) mass is 228 g/mol. The van der Waals surface area contributed by atoms with Crippen molar-refractivity contribution in [3.63, 3.8) is 0 Å². The van der Waals surface area contributed by atoms with Crippen LogP contribution in [0.1, 0.15) is 13.8 Å².